The molecule has 112 valence electrons. The molecule has 0 unspecified atom stereocenters. The first kappa shape index (κ1) is 13.9. The normalized spacial score (nSPS) is 14.6. The molecular formula is C15H20N4O2. The van der Waals surface area contributed by atoms with Gasteiger partial charge < -0.3 is 10.0 Å². The SMILES string of the molecule is CCCCN(c1c(C(=O)O)cnc2c1cnn2C)C1CC1. The van der Waals surface area contributed by atoms with Crippen LogP contribution in [0.25, 0.3) is 11.0 Å². The molecule has 6 nitrogen and oxygen atoms in total. The molecule has 1 saturated carbocycles. The Morgan fingerprint density at radius 2 is 2.24 bits per heavy atom. The second-order valence-corrected chi connectivity index (χ2v) is 5.61. The van der Waals surface area contributed by atoms with E-state index in [0.717, 1.165) is 48.9 Å². The van der Waals surface area contributed by atoms with Crippen LogP contribution in [0.2, 0.25) is 0 Å². The Morgan fingerprint density at radius 1 is 1.48 bits per heavy atom. The Morgan fingerprint density at radius 3 is 2.86 bits per heavy atom. The van der Waals surface area contributed by atoms with Crippen molar-refractivity contribution in [2.75, 3.05) is 11.4 Å². The fraction of sp³-hybridized carbons (Fsp3) is 0.533. The van der Waals surface area contributed by atoms with E-state index in [1.165, 1.54) is 6.20 Å². The third-order valence-corrected chi connectivity index (χ3v) is 3.99. The lowest BCUT2D eigenvalue weighted by molar-refractivity contribution is 0.0697. The third-order valence-electron chi connectivity index (χ3n) is 3.99. The summed E-state index contributed by atoms with van der Waals surface area (Å²) >= 11 is 0. The number of unbranched alkanes of at least 4 members (excludes halogenated alkanes) is 1. The van der Waals surface area contributed by atoms with Crippen LogP contribution in [0.1, 0.15) is 43.0 Å². The van der Waals surface area contributed by atoms with Crippen molar-refractivity contribution in [3.63, 3.8) is 0 Å². The van der Waals surface area contributed by atoms with Crippen LogP contribution >= 0.6 is 0 Å². The number of aromatic carboxylic acids is 1. The third kappa shape index (κ3) is 2.46. The van der Waals surface area contributed by atoms with Gasteiger partial charge >= 0.3 is 5.97 Å². The lowest BCUT2D eigenvalue weighted by atomic mass is 10.1. The molecule has 0 saturated heterocycles. The number of fused-ring (bicyclic) bond motifs is 1. The van der Waals surface area contributed by atoms with Gasteiger partial charge in [-0.2, -0.15) is 5.10 Å². The predicted octanol–water partition coefficient (Wildman–Crippen LogP) is 2.44. The molecule has 6 heteroatoms. The van der Waals surface area contributed by atoms with E-state index >= 15 is 0 Å². The van der Waals surface area contributed by atoms with Gasteiger partial charge in [-0.1, -0.05) is 13.3 Å². The van der Waals surface area contributed by atoms with E-state index in [4.69, 9.17) is 0 Å². The van der Waals surface area contributed by atoms with Crippen molar-refractivity contribution in [1.82, 2.24) is 14.8 Å². The Labute approximate surface area is 123 Å². The average molecular weight is 288 g/mol. The molecule has 3 rings (SSSR count). The van der Waals surface area contributed by atoms with E-state index in [-0.39, 0.29) is 5.56 Å². The number of rotatable bonds is 6. The molecule has 0 spiro atoms. The summed E-state index contributed by atoms with van der Waals surface area (Å²) in [6.45, 7) is 3.03. The number of carboxylic acid groups (broad SMARTS) is 1. The van der Waals surface area contributed by atoms with Crippen LogP contribution in [0.3, 0.4) is 0 Å². The van der Waals surface area contributed by atoms with E-state index in [2.05, 4.69) is 21.9 Å². The van der Waals surface area contributed by atoms with Crippen molar-refractivity contribution in [3.8, 4) is 0 Å². The Balaban J connectivity index is 2.16. The van der Waals surface area contributed by atoms with Crippen molar-refractivity contribution in [3.05, 3.63) is 18.0 Å². The smallest absolute Gasteiger partial charge is 0.339 e. The van der Waals surface area contributed by atoms with E-state index in [0.29, 0.717) is 6.04 Å². The van der Waals surface area contributed by atoms with E-state index < -0.39 is 5.97 Å². The summed E-state index contributed by atoms with van der Waals surface area (Å²) in [7, 11) is 1.83. The van der Waals surface area contributed by atoms with Crippen molar-refractivity contribution in [1.29, 1.82) is 0 Å². The molecule has 0 aromatic carbocycles. The summed E-state index contributed by atoms with van der Waals surface area (Å²) in [6, 6.07) is 0.459. The minimum atomic E-state index is -0.926. The van der Waals surface area contributed by atoms with Crippen LogP contribution in [0.4, 0.5) is 5.69 Å². The van der Waals surface area contributed by atoms with Gasteiger partial charge in [-0.05, 0) is 19.3 Å². The Hall–Kier alpha value is -2.11. The molecule has 1 aliphatic rings. The maximum absolute atomic E-state index is 11.6. The molecule has 1 fully saturated rings. The highest BCUT2D eigenvalue weighted by molar-refractivity contribution is 6.03. The highest BCUT2D eigenvalue weighted by atomic mass is 16.4. The second-order valence-electron chi connectivity index (χ2n) is 5.61. The fourth-order valence-electron chi connectivity index (χ4n) is 2.74. The van der Waals surface area contributed by atoms with Crippen molar-refractivity contribution in [2.45, 2.75) is 38.6 Å². The zero-order chi connectivity index (χ0) is 15.0. The molecule has 21 heavy (non-hydrogen) atoms. The minimum absolute atomic E-state index is 0.276. The topological polar surface area (TPSA) is 71.2 Å². The van der Waals surface area contributed by atoms with Crippen LogP contribution in [-0.4, -0.2) is 38.4 Å². The summed E-state index contributed by atoms with van der Waals surface area (Å²) in [4.78, 5) is 18.1. The molecule has 0 bridgehead atoms. The fourth-order valence-corrected chi connectivity index (χ4v) is 2.74. The second kappa shape index (κ2) is 5.35. The highest BCUT2D eigenvalue weighted by Crippen LogP contribution is 2.37. The summed E-state index contributed by atoms with van der Waals surface area (Å²) in [5, 5.41) is 14.6. The summed E-state index contributed by atoms with van der Waals surface area (Å²) < 4.78 is 1.69. The number of carboxylic acids is 1. The highest BCUT2D eigenvalue weighted by Gasteiger charge is 2.33. The number of hydrogen-bond acceptors (Lipinski definition) is 4. The van der Waals surface area contributed by atoms with Gasteiger partial charge in [-0.25, -0.2) is 9.78 Å². The number of carbonyl (C=O) groups is 1. The number of aromatic nitrogens is 3. The quantitative estimate of drug-likeness (QED) is 0.884. The predicted molar refractivity (Wildman–Crippen MR) is 80.7 cm³/mol. The number of pyridine rings is 1. The standard InChI is InChI=1S/C15H20N4O2/c1-3-4-7-19(10-5-6-10)13-11-9-17-18(2)14(11)16-8-12(13)15(20)21/h8-10H,3-7H2,1-2H3,(H,20,21). The molecule has 0 aliphatic heterocycles. The summed E-state index contributed by atoms with van der Waals surface area (Å²) in [5.74, 6) is -0.926. The van der Waals surface area contributed by atoms with E-state index in [1.54, 1.807) is 10.9 Å². The van der Waals surface area contributed by atoms with Crippen LogP contribution in [0.5, 0.6) is 0 Å². The van der Waals surface area contributed by atoms with Crippen molar-refractivity contribution >= 4 is 22.7 Å². The molecular weight excluding hydrogens is 268 g/mol. The van der Waals surface area contributed by atoms with Gasteiger partial charge in [0.15, 0.2) is 5.65 Å². The van der Waals surface area contributed by atoms with Crippen LogP contribution in [0.15, 0.2) is 12.4 Å². The summed E-state index contributed by atoms with van der Waals surface area (Å²) in [5.41, 5.74) is 1.80. The van der Waals surface area contributed by atoms with Gasteiger partial charge in [0.05, 0.1) is 17.3 Å². The Kier molecular flexibility index (Phi) is 3.53. The van der Waals surface area contributed by atoms with E-state index in [9.17, 15) is 9.90 Å². The Bertz CT molecular complexity index is 676. The van der Waals surface area contributed by atoms with Crippen LogP contribution in [0, 0.1) is 0 Å². The lowest BCUT2D eigenvalue weighted by Gasteiger charge is -2.26. The van der Waals surface area contributed by atoms with Gasteiger partial charge in [0.1, 0.15) is 5.56 Å². The molecule has 0 amide bonds. The number of aryl methyl sites for hydroxylation is 1. The van der Waals surface area contributed by atoms with E-state index in [1.807, 2.05) is 7.05 Å². The molecule has 0 atom stereocenters. The van der Waals surface area contributed by atoms with Gasteiger partial charge in [-0.3, -0.25) is 4.68 Å². The van der Waals surface area contributed by atoms with Crippen molar-refractivity contribution < 1.29 is 9.90 Å². The molecule has 1 N–H and O–H groups in total. The van der Waals surface area contributed by atoms with Crippen LogP contribution in [-0.2, 0) is 7.05 Å². The molecule has 1 aliphatic carbocycles. The molecule has 2 aromatic rings. The van der Waals surface area contributed by atoms with Gasteiger partial charge in [-0.15, -0.1) is 0 Å². The zero-order valence-electron chi connectivity index (χ0n) is 12.4. The van der Waals surface area contributed by atoms with Crippen LogP contribution < -0.4 is 4.90 Å². The lowest BCUT2D eigenvalue weighted by Crippen LogP contribution is -2.29. The van der Waals surface area contributed by atoms with Gasteiger partial charge in [0, 0.05) is 25.8 Å². The van der Waals surface area contributed by atoms with Gasteiger partial charge in [0.25, 0.3) is 0 Å². The number of anilines is 1. The number of nitrogens with zero attached hydrogens (tertiary/aromatic N) is 4. The number of hydrogen-bond donors (Lipinski definition) is 1. The molecule has 0 radical (unpaired) electrons. The molecule has 2 aromatic heterocycles. The maximum atomic E-state index is 11.6. The minimum Gasteiger partial charge on any atom is -0.478 e. The average Bonchev–Trinajstić information content (AvgIpc) is 3.23. The first-order chi connectivity index (χ1) is 10.1. The largest absolute Gasteiger partial charge is 0.478 e. The maximum Gasteiger partial charge on any atom is 0.339 e. The first-order valence-corrected chi connectivity index (χ1v) is 7.44. The first-order valence-electron chi connectivity index (χ1n) is 7.44. The van der Waals surface area contributed by atoms with Gasteiger partial charge in [0.2, 0.25) is 0 Å². The summed E-state index contributed by atoms with van der Waals surface area (Å²) in [6.07, 6.45) is 7.60. The monoisotopic (exact) mass is 288 g/mol. The zero-order valence-corrected chi connectivity index (χ0v) is 12.4. The molecule has 2 heterocycles. The van der Waals surface area contributed by atoms with Crippen molar-refractivity contribution in [2.24, 2.45) is 7.05 Å².